The molecule has 2 rings (SSSR count). The van der Waals surface area contributed by atoms with Crippen molar-refractivity contribution in [1.29, 1.82) is 0 Å². The average molecular weight is 243 g/mol. The van der Waals surface area contributed by atoms with E-state index in [0.29, 0.717) is 0 Å². The Hall–Kier alpha value is -2.23. The summed E-state index contributed by atoms with van der Waals surface area (Å²) in [6.07, 6.45) is 3.60. The molecule has 18 heavy (non-hydrogen) atoms. The van der Waals surface area contributed by atoms with Gasteiger partial charge in [-0.25, -0.2) is 0 Å². The fourth-order valence-corrected chi connectivity index (χ4v) is 1.68. The third-order valence-corrected chi connectivity index (χ3v) is 2.48. The molecule has 0 unspecified atom stereocenters. The van der Waals surface area contributed by atoms with Gasteiger partial charge >= 0.3 is 0 Å². The molecule has 4 heteroatoms. The molecule has 4 nitrogen and oxygen atoms in total. The van der Waals surface area contributed by atoms with Crippen molar-refractivity contribution in [1.82, 2.24) is 4.98 Å². The highest BCUT2D eigenvalue weighted by Crippen LogP contribution is 2.22. The molecule has 0 bridgehead atoms. The van der Waals surface area contributed by atoms with Crippen LogP contribution < -0.4 is 15.4 Å². The molecule has 0 spiro atoms. The van der Waals surface area contributed by atoms with Gasteiger partial charge in [-0.2, -0.15) is 0 Å². The summed E-state index contributed by atoms with van der Waals surface area (Å²) in [5.41, 5.74) is 2.93. The Bertz CT molecular complexity index is 514. The SMILES string of the molecule is CCNc1cncc(Nc2cccc(OC)c2)c1. The third kappa shape index (κ3) is 3.13. The summed E-state index contributed by atoms with van der Waals surface area (Å²) in [4.78, 5) is 4.19. The number of hydrogen-bond acceptors (Lipinski definition) is 4. The summed E-state index contributed by atoms with van der Waals surface area (Å²) >= 11 is 0. The van der Waals surface area contributed by atoms with Gasteiger partial charge in [0.05, 0.1) is 30.9 Å². The molecular weight excluding hydrogens is 226 g/mol. The Morgan fingerprint density at radius 3 is 2.72 bits per heavy atom. The lowest BCUT2D eigenvalue weighted by atomic mass is 10.3. The molecule has 2 aromatic rings. The van der Waals surface area contributed by atoms with E-state index in [0.717, 1.165) is 29.4 Å². The maximum Gasteiger partial charge on any atom is 0.120 e. The first-order valence-electron chi connectivity index (χ1n) is 5.92. The number of anilines is 3. The van der Waals surface area contributed by atoms with Gasteiger partial charge in [-0.3, -0.25) is 4.98 Å². The zero-order chi connectivity index (χ0) is 12.8. The van der Waals surface area contributed by atoms with Gasteiger partial charge in [0.15, 0.2) is 0 Å². The van der Waals surface area contributed by atoms with E-state index in [4.69, 9.17) is 4.74 Å². The maximum atomic E-state index is 5.19. The molecule has 0 radical (unpaired) electrons. The zero-order valence-corrected chi connectivity index (χ0v) is 10.6. The summed E-state index contributed by atoms with van der Waals surface area (Å²) in [7, 11) is 1.66. The highest BCUT2D eigenvalue weighted by Gasteiger charge is 1.98. The molecular formula is C14H17N3O. The van der Waals surface area contributed by atoms with Gasteiger partial charge in [0.25, 0.3) is 0 Å². The summed E-state index contributed by atoms with van der Waals surface area (Å²) in [5.74, 6) is 0.829. The van der Waals surface area contributed by atoms with Crippen LogP contribution in [0, 0.1) is 0 Å². The Balaban J connectivity index is 2.14. The number of methoxy groups -OCH3 is 1. The van der Waals surface area contributed by atoms with Gasteiger partial charge in [0.1, 0.15) is 5.75 Å². The molecule has 0 amide bonds. The van der Waals surface area contributed by atoms with E-state index in [1.165, 1.54) is 0 Å². The number of pyridine rings is 1. The third-order valence-electron chi connectivity index (χ3n) is 2.48. The van der Waals surface area contributed by atoms with Crippen molar-refractivity contribution in [2.24, 2.45) is 0 Å². The van der Waals surface area contributed by atoms with E-state index in [2.05, 4.69) is 22.5 Å². The molecule has 2 N–H and O–H groups in total. The van der Waals surface area contributed by atoms with Crippen molar-refractivity contribution < 1.29 is 4.74 Å². The molecule has 0 saturated heterocycles. The minimum atomic E-state index is 0.829. The average Bonchev–Trinajstić information content (AvgIpc) is 2.40. The van der Waals surface area contributed by atoms with Crippen LogP contribution >= 0.6 is 0 Å². The lowest BCUT2D eigenvalue weighted by Crippen LogP contribution is -1.98. The van der Waals surface area contributed by atoms with Crippen LogP contribution in [0.15, 0.2) is 42.7 Å². The second-order valence-corrected chi connectivity index (χ2v) is 3.85. The fraction of sp³-hybridized carbons (Fsp3) is 0.214. The predicted octanol–water partition coefficient (Wildman–Crippen LogP) is 3.27. The van der Waals surface area contributed by atoms with Crippen LogP contribution in [0.5, 0.6) is 5.75 Å². The first kappa shape index (κ1) is 12.2. The van der Waals surface area contributed by atoms with Crippen molar-refractivity contribution in [2.75, 3.05) is 24.3 Å². The Morgan fingerprint density at radius 1 is 1.11 bits per heavy atom. The number of ether oxygens (including phenoxy) is 1. The highest BCUT2D eigenvalue weighted by molar-refractivity contribution is 5.64. The van der Waals surface area contributed by atoms with E-state index in [9.17, 15) is 0 Å². The number of aromatic nitrogens is 1. The van der Waals surface area contributed by atoms with Crippen LogP contribution in [-0.2, 0) is 0 Å². The minimum Gasteiger partial charge on any atom is -0.497 e. The second-order valence-electron chi connectivity index (χ2n) is 3.85. The van der Waals surface area contributed by atoms with E-state index >= 15 is 0 Å². The van der Waals surface area contributed by atoms with Crippen LogP contribution in [0.4, 0.5) is 17.1 Å². The standard InChI is InChI=1S/C14H17N3O/c1-3-16-12-7-13(10-15-9-12)17-11-5-4-6-14(8-11)18-2/h4-10,16-17H,3H2,1-2H3. The number of nitrogens with zero attached hydrogens (tertiary/aromatic N) is 1. The molecule has 1 aromatic heterocycles. The van der Waals surface area contributed by atoms with Crippen LogP contribution in [0.3, 0.4) is 0 Å². The van der Waals surface area contributed by atoms with Crippen molar-refractivity contribution in [2.45, 2.75) is 6.92 Å². The molecule has 1 aromatic carbocycles. The summed E-state index contributed by atoms with van der Waals surface area (Å²) < 4.78 is 5.19. The smallest absolute Gasteiger partial charge is 0.120 e. The quantitative estimate of drug-likeness (QED) is 0.846. The van der Waals surface area contributed by atoms with Gasteiger partial charge < -0.3 is 15.4 Å². The topological polar surface area (TPSA) is 46.2 Å². The molecule has 0 atom stereocenters. The van der Waals surface area contributed by atoms with Crippen molar-refractivity contribution in [3.05, 3.63) is 42.7 Å². The van der Waals surface area contributed by atoms with Gasteiger partial charge in [-0.05, 0) is 25.1 Å². The van der Waals surface area contributed by atoms with E-state index in [-0.39, 0.29) is 0 Å². The molecule has 0 aliphatic carbocycles. The van der Waals surface area contributed by atoms with E-state index < -0.39 is 0 Å². The van der Waals surface area contributed by atoms with Crippen molar-refractivity contribution >= 4 is 17.1 Å². The highest BCUT2D eigenvalue weighted by atomic mass is 16.5. The Kier molecular flexibility index (Phi) is 4.02. The molecule has 0 aliphatic heterocycles. The minimum absolute atomic E-state index is 0.829. The second kappa shape index (κ2) is 5.91. The molecule has 0 aliphatic rings. The van der Waals surface area contributed by atoms with Crippen LogP contribution in [0.1, 0.15) is 6.92 Å². The first-order valence-corrected chi connectivity index (χ1v) is 5.92. The molecule has 0 fully saturated rings. The zero-order valence-electron chi connectivity index (χ0n) is 10.6. The van der Waals surface area contributed by atoms with Crippen molar-refractivity contribution in [3.8, 4) is 5.75 Å². The van der Waals surface area contributed by atoms with Crippen LogP contribution in [0.25, 0.3) is 0 Å². The first-order chi connectivity index (χ1) is 8.81. The lowest BCUT2D eigenvalue weighted by Gasteiger charge is -2.09. The Morgan fingerprint density at radius 2 is 1.94 bits per heavy atom. The van der Waals surface area contributed by atoms with Crippen LogP contribution in [0.2, 0.25) is 0 Å². The van der Waals surface area contributed by atoms with E-state index in [1.807, 2.05) is 30.3 Å². The van der Waals surface area contributed by atoms with Crippen LogP contribution in [-0.4, -0.2) is 18.6 Å². The number of rotatable bonds is 5. The summed E-state index contributed by atoms with van der Waals surface area (Å²) in [6, 6.07) is 9.82. The molecule has 0 saturated carbocycles. The molecule has 1 heterocycles. The predicted molar refractivity (Wildman–Crippen MR) is 74.7 cm³/mol. The number of nitrogens with one attached hydrogen (secondary N) is 2. The van der Waals surface area contributed by atoms with E-state index in [1.54, 1.807) is 19.5 Å². The number of benzene rings is 1. The van der Waals surface area contributed by atoms with Gasteiger partial charge in [0, 0.05) is 18.3 Å². The van der Waals surface area contributed by atoms with Gasteiger partial charge in [0.2, 0.25) is 0 Å². The van der Waals surface area contributed by atoms with Gasteiger partial charge in [-0.1, -0.05) is 6.07 Å². The Labute approximate surface area is 107 Å². The van der Waals surface area contributed by atoms with Crippen molar-refractivity contribution in [3.63, 3.8) is 0 Å². The van der Waals surface area contributed by atoms with Gasteiger partial charge in [-0.15, -0.1) is 0 Å². The number of hydrogen-bond donors (Lipinski definition) is 2. The summed E-state index contributed by atoms with van der Waals surface area (Å²) in [5, 5.41) is 6.52. The maximum absolute atomic E-state index is 5.19. The normalized spacial score (nSPS) is 9.89. The molecule has 94 valence electrons. The summed E-state index contributed by atoms with van der Waals surface area (Å²) in [6.45, 7) is 2.94. The monoisotopic (exact) mass is 243 g/mol. The fourth-order valence-electron chi connectivity index (χ4n) is 1.68. The lowest BCUT2D eigenvalue weighted by molar-refractivity contribution is 0.415. The largest absolute Gasteiger partial charge is 0.497 e.